The zero-order valence-electron chi connectivity index (χ0n) is 28.2. The van der Waals surface area contributed by atoms with Crippen molar-refractivity contribution in [3.05, 3.63) is 59.7 Å². The summed E-state index contributed by atoms with van der Waals surface area (Å²) in [6.07, 6.45) is 19.3. The summed E-state index contributed by atoms with van der Waals surface area (Å²) >= 11 is 0. The third-order valence-corrected chi connectivity index (χ3v) is 6.90. The number of nitrogen functional groups attached to an aromatic ring is 1. The number of hydrogen-bond acceptors (Lipinski definition) is 5. The van der Waals surface area contributed by atoms with Crippen molar-refractivity contribution in [1.82, 2.24) is 19.4 Å². The van der Waals surface area contributed by atoms with E-state index in [0.29, 0.717) is 11.5 Å². The van der Waals surface area contributed by atoms with Crippen LogP contribution in [0.1, 0.15) is 98.5 Å². The molecular weight excluding hydrogens is 520 g/mol. The van der Waals surface area contributed by atoms with Gasteiger partial charge in [0.05, 0.1) is 11.0 Å². The van der Waals surface area contributed by atoms with Crippen molar-refractivity contribution >= 4 is 22.9 Å². The first kappa shape index (κ1) is 39.1. The summed E-state index contributed by atoms with van der Waals surface area (Å²) in [4.78, 5) is 19.9. The molecule has 2 heterocycles. The van der Waals surface area contributed by atoms with Gasteiger partial charge in [-0.25, -0.2) is 4.98 Å². The fraction of sp³-hybridized carbons (Fsp3) is 0.600. The zero-order chi connectivity index (χ0) is 31.8. The number of benzene rings is 1. The average molecular weight is 583 g/mol. The van der Waals surface area contributed by atoms with E-state index in [-0.39, 0.29) is 5.91 Å². The number of carbonyl (C=O) groups excluding carboxylic acids is 1. The lowest BCUT2D eigenvalue weighted by atomic mass is 10.1. The van der Waals surface area contributed by atoms with Gasteiger partial charge in [0.2, 0.25) is 11.9 Å². The minimum absolute atomic E-state index is 0.361. The number of allylic oxidation sites excluding steroid dienone is 4. The molecule has 1 amide bonds. The van der Waals surface area contributed by atoms with Crippen molar-refractivity contribution < 1.29 is 4.79 Å². The number of nitrogens with two attached hydrogens (primary N) is 2. The van der Waals surface area contributed by atoms with E-state index in [4.69, 9.17) is 11.5 Å². The quantitative estimate of drug-likeness (QED) is 0.317. The molecule has 1 fully saturated rings. The highest BCUT2D eigenvalue weighted by molar-refractivity contribution is 5.94. The van der Waals surface area contributed by atoms with E-state index in [1.54, 1.807) is 6.08 Å². The van der Waals surface area contributed by atoms with Gasteiger partial charge in [0.15, 0.2) is 0 Å². The summed E-state index contributed by atoms with van der Waals surface area (Å²) in [6.45, 7) is 18.5. The van der Waals surface area contributed by atoms with Gasteiger partial charge in [0.1, 0.15) is 0 Å². The van der Waals surface area contributed by atoms with Crippen LogP contribution in [0.5, 0.6) is 0 Å². The van der Waals surface area contributed by atoms with Gasteiger partial charge in [-0.1, -0.05) is 91.2 Å². The molecule has 42 heavy (non-hydrogen) atoms. The van der Waals surface area contributed by atoms with Crippen LogP contribution in [0, 0.1) is 0 Å². The van der Waals surface area contributed by atoms with Crippen LogP contribution in [0.3, 0.4) is 0 Å². The number of piperidine rings is 1. The molecule has 2 aliphatic rings. The number of fused-ring (bicyclic) bond motifs is 1. The minimum Gasteiger partial charge on any atom is -0.369 e. The van der Waals surface area contributed by atoms with E-state index < -0.39 is 0 Å². The number of anilines is 1. The van der Waals surface area contributed by atoms with Gasteiger partial charge in [-0.2, -0.15) is 0 Å². The number of hydrogen-bond donors (Lipinski definition) is 2. The number of amides is 1. The van der Waals surface area contributed by atoms with Crippen molar-refractivity contribution in [2.24, 2.45) is 12.8 Å². The molecule has 0 spiro atoms. The Bertz CT molecular complexity index is 1050. The molecule has 1 saturated heterocycles. The van der Waals surface area contributed by atoms with E-state index in [1.165, 1.54) is 76.7 Å². The van der Waals surface area contributed by atoms with Crippen LogP contribution in [-0.4, -0.2) is 58.5 Å². The molecule has 4 rings (SSSR count). The fourth-order valence-corrected chi connectivity index (χ4v) is 4.46. The Hall–Kier alpha value is -2.90. The molecule has 1 aliphatic heterocycles. The first-order chi connectivity index (χ1) is 20.3. The number of imidazole rings is 1. The number of primary amides is 1. The topological polar surface area (TPSA) is 93.4 Å². The molecule has 0 saturated carbocycles. The summed E-state index contributed by atoms with van der Waals surface area (Å²) in [6, 6.07) is 6.49. The van der Waals surface area contributed by atoms with Crippen molar-refractivity contribution in [2.45, 2.75) is 99.5 Å². The molecule has 0 radical (unpaired) electrons. The van der Waals surface area contributed by atoms with Gasteiger partial charge in [0.25, 0.3) is 0 Å². The van der Waals surface area contributed by atoms with Crippen molar-refractivity contribution in [2.75, 3.05) is 39.0 Å². The first-order valence-electron chi connectivity index (χ1n) is 16.3. The molecule has 4 N–H and O–H groups in total. The maximum atomic E-state index is 10.6. The molecule has 7 heteroatoms. The van der Waals surface area contributed by atoms with E-state index in [0.717, 1.165) is 24.0 Å². The molecule has 1 aliphatic carbocycles. The number of nitrogens with zero attached hydrogens (tertiary/aromatic N) is 4. The van der Waals surface area contributed by atoms with E-state index in [1.807, 2.05) is 63.6 Å². The summed E-state index contributed by atoms with van der Waals surface area (Å²) in [7, 11) is 4.17. The highest BCUT2D eigenvalue weighted by Gasteiger charge is 2.09. The van der Waals surface area contributed by atoms with Crippen molar-refractivity contribution in [3.63, 3.8) is 0 Å². The van der Waals surface area contributed by atoms with Crippen LogP contribution >= 0.6 is 0 Å². The number of carbonyl (C=O) groups is 1. The Labute approximate surface area is 257 Å². The minimum atomic E-state index is -0.361. The van der Waals surface area contributed by atoms with Crippen molar-refractivity contribution in [3.8, 4) is 0 Å². The van der Waals surface area contributed by atoms with E-state index in [9.17, 15) is 4.79 Å². The Morgan fingerprint density at radius 3 is 2.10 bits per heavy atom. The predicted octanol–water partition coefficient (Wildman–Crippen LogP) is 7.63. The van der Waals surface area contributed by atoms with Crippen LogP contribution in [0.2, 0.25) is 0 Å². The van der Waals surface area contributed by atoms with Crippen molar-refractivity contribution in [1.29, 1.82) is 0 Å². The molecule has 0 atom stereocenters. The standard InChI is InChI=1S/C17H28N4.C8H9NO.C6H13N.2C2H6/c1-4-6-10-21(11-7-5-2)13-14-8-9-15-16(12-14)20(3)17(18)19-15;9-8(10)7-5-3-1-2-4-6-7;1-7-5-3-2-4-6-7;2*1-2/h8-9,12H,4-7,10-11,13H2,1-3H3,(H2,18,19);1-3,5-6H,4H2,(H2,9,10);2-6H2,1H3;2*1-2H3. The average Bonchev–Trinajstić information content (AvgIpc) is 3.18. The van der Waals surface area contributed by atoms with E-state index in [2.05, 4.69) is 53.9 Å². The largest absolute Gasteiger partial charge is 0.369 e. The van der Waals surface area contributed by atoms with Gasteiger partial charge in [-0.3, -0.25) is 9.69 Å². The monoisotopic (exact) mass is 582 g/mol. The summed E-state index contributed by atoms with van der Waals surface area (Å²) < 4.78 is 1.96. The number of aromatic nitrogens is 2. The second-order valence-electron chi connectivity index (χ2n) is 10.2. The van der Waals surface area contributed by atoms with Crippen LogP contribution in [0.25, 0.3) is 11.0 Å². The molecule has 0 unspecified atom stereocenters. The molecular formula is C35H62N6O. The lowest BCUT2D eigenvalue weighted by Gasteiger charge is -2.22. The number of unbranched alkanes of at least 4 members (excludes halogenated alkanes) is 2. The second kappa shape index (κ2) is 24.7. The molecule has 1 aromatic heterocycles. The van der Waals surface area contributed by atoms with Crippen LogP contribution < -0.4 is 11.5 Å². The van der Waals surface area contributed by atoms with Gasteiger partial charge in [-0.15, -0.1) is 0 Å². The Kier molecular flexibility index (Phi) is 23.0. The molecule has 2 aromatic rings. The maximum absolute atomic E-state index is 10.6. The van der Waals surface area contributed by atoms with Crippen LogP contribution in [-0.2, 0) is 18.4 Å². The van der Waals surface area contributed by atoms with E-state index >= 15 is 0 Å². The number of rotatable bonds is 9. The Morgan fingerprint density at radius 1 is 0.952 bits per heavy atom. The van der Waals surface area contributed by atoms with Gasteiger partial charge < -0.3 is 20.9 Å². The van der Waals surface area contributed by atoms with Crippen LogP contribution in [0.15, 0.2) is 54.2 Å². The molecule has 7 nitrogen and oxygen atoms in total. The zero-order valence-corrected chi connectivity index (χ0v) is 28.2. The number of aryl methyl sites for hydroxylation is 1. The second-order valence-corrected chi connectivity index (χ2v) is 10.2. The highest BCUT2D eigenvalue weighted by Crippen LogP contribution is 2.19. The molecule has 1 aromatic carbocycles. The lowest BCUT2D eigenvalue weighted by Crippen LogP contribution is -2.25. The first-order valence-corrected chi connectivity index (χ1v) is 16.3. The Balaban J connectivity index is 0.000000660. The third-order valence-electron chi connectivity index (χ3n) is 6.90. The normalized spacial score (nSPS) is 14.2. The fourth-order valence-electron chi connectivity index (χ4n) is 4.46. The Morgan fingerprint density at radius 2 is 1.57 bits per heavy atom. The smallest absolute Gasteiger partial charge is 0.248 e. The summed E-state index contributed by atoms with van der Waals surface area (Å²) in [5.41, 5.74) is 15.0. The number of likely N-dealkylation sites (tertiary alicyclic amines) is 1. The lowest BCUT2D eigenvalue weighted by molar-refractivity contribution is -0.114. The predicted molar refractivity (Wildman–Crippen MR) is 184 cm³/mol. The molecule has 238 valence electrons. The third kappa shape index (κ3) is 15.9. The van der Waals surface area contributed by atoms with Crippen LogP contribution in [0.4, 0.5) is 5.95 Å². The van der Waals surface area contributed by atoms with Gasteiger partial charge in [-0.05, 0) is 89.1 Å². The van der Waals surface area contributed by atoms with Gasteiger partial charge >= 0.3 is 0 Å². The van der Waals surface area contributed by atoms with Gasteiger partial charge in [0, 0.05) is 19.2 Å². The highest BCUT2D eigenvalue weighted by atomic mass is 16.1. The summed E-state index contributed by atoms with van der Waals surface area (Å²) in [5, 5.41) is 0. The molecule has 0 bridgehead atoms. The maximum Gasteiger partial charge on any atom is 0.248 e. The SMILES string of the molecule is CC.CC.CCCCN(CCCC)Cc1ccc2nc(N)n(C)c2c1.CN1CCCCC1.NC(=O)C1=CCC=CC=C1. The summed E-state index contributed by atoms with van der Waals surface area (Å²) in [5.74, 6) is 0.218.